The predicted molar refractivity (Wildman–Crippen MR) is 174 cm³/mol. The lowest BCUT2D eigenvalue weighted by Crippen LogP contribution is -2.61. The van der Waals surface area contributed by atoms with Crippen molar-refractivity contribution in [2.45, 2.75) is 55.4 Å². The Labute approximate surface area is 270 Å². The summed E-state index contributed by atoms with van der Waals surface area (Å²) in [5, 5.41) is 5.01. The summed E-state index contributed by atoms with van der Waals surface area (Å²) in [6.45, 7) is 3.14. The van der Waals surface area contributed by atoms with E-state index in [1.165, 1.54) is 6.07 Å². The molecule has 12 heteroatoms. The number of piperazine rings is 1. The van der Waals surface area contributed by atoms with E-state index in [9.17, 15) is 8.78 Å². The molecule has 244 valence electrons. The number of hydrogen-bond acceptors (Lipinski definition) is 9. The summed E-state index contributed by atoms with van der Waals surface area (Å²) in [6, 6.07) is 6.24. The number of benzene rings is 2. The number of rotatable bonds is 7. The van der Waals surface area contributed by atoms with E-state index in [4.69, 9.17) is 26.6 Å². The van der Waals surface area contributed by atoms with E-state index in [0.29, 0.717) is 60.3 Å². The fourth-order valence-corrected chi connectivity index (χ4v) is 8.54. The van der Waals surface area contributed by atoms with Gasteiger partial charge in [0.05, 0.1) is 28.6 Å². The maximum Gasteiger partial charge on any atom is 0.319 e. The second-order valence-corrected chi connectivity index (χ2v) is 13.6. The van der Waals surface area contributed by atoms with Gasteiger partial charge in [0, 0.05) is 62.0 Å². The zero-order chi connectivity index (χ0) is 32.5. The molecule has 2 aromatic carbocycles. The lowest BCUT2D eigenvalue weighted by molar-refractivity contribution is 0.107. The van der Waals surface area contributed by atoms with Crippen LogP contribution < -0.4 is 20.7 Å². The minimum absolute atomic E-state index is 0.00552. The van der Waals surface area contributed by atoms with Gasteiger partial charge in [0.25, 0.3) is 0 Å². The molecule has 8 rings (SSSR count). The maximum atomic E-state index is 16.9. The van der Waals surface area contributed by atoms with Crippen LogP contribution in [0.3, 0.4) is 0 Å². The van der Waals surface area contributed by atoms with Crippen molar-refractivity contribution in [1.29, 1.82) is 0 Å². The first kappa shape index (κ1) is 30.2. The number of nitrogens with two attached hydrogens (primary N) is 1. The van der Waals surface area contributed by atoms with Crippen molar-refractivity contribution in [3.05, 3.63) is 47.7 Å². The van der Waals surface area contributed by atoms with Crippen LogP contribution in [-0.2, 0) is 4.74 Å². The highest BCUT2D eigenvalue weighted by molar-refractivity contribution is 6.03. The van der Waals surface area contributed by atoms with E-state index in [-0.39, 0.29) is 46.5 Å². The molecule has 4 saturated heterocycles. The summed E-state index contributed by atoms with van der Waals surface area (Å²) in [6.07, 6.45) is 10.4. The van der Waals surface area contributed by atoms with Crippen LogP contribution in [-0.4, -0.2) is 89.6 Å². The van der Waals surface area contributed by atoms with Gasteiger partial charge in [-0.2, -0.15) is 9.97 Å². The van der Waals surface area contributed by atoms with Gasteiger partial charge < -0.3 is 25.4 Å². The highest BCUT2D eigenvalue weighted by Gasteiger charge is 2.50. The van der Waals surface area contributed by atoms with Gasteiger partial charge in [-0.25, -0.2) is 13.2 Å². The molecule has 4 atom stereocenters. The first-order chi connectivity index (χ1) is 22.7. The molecule has 2 aromatic heterocycles. The SMILES string of the molecule is C#Cc1c(F)ccc2cc(N)cc(-c3ncc4c(N5C[C@@H]6CC[C@](COC)(C5)N6)nc(OC[C@@]56CCCN5C[C@H](F)C6)nc4c3F)c12. The van der Waals surface area contributed by atoms with Gasteiger partial charge in [0.1, 0.15) is 35.6 Å². The molecule has 4 aromatic rings. The number of alkyl halides is 1. The Balaban J connectivity index is 1.28. The topological polar surface area (TPSA) is 102 Å². The normalized spacial score (nSPS) is 27.1. The zero-order valence-corrected chi connectivity index (χ0v) is 26.2. The van der Waals surface area contributed by atoms with Crippen molar-refractivity contribution < 1.29 is 22.6 Å². The summed E-state index contributed by atoms with van der Waals surface area (Å²) < 4.78 is 58.2. The summed E-state index contributed by atoms with van der Waals surface area (Å²) in [5.74, 6) is 1.58. The quantitative estimate of drug-likeness (QED) is 0.221. The fourth-order valence-electron chi connectivity index (χ4n) is 8.54. The predicted octanol–water partition coefficient (Wildman–Crippen LogP) is 4.60. The van der Waals surface area contributed by atoms with Crippen molar-refractivity contribution in [2.24, 2.45) is 0 Å². The monoisotopic (exact) mass is 643 g/mol. The third kappa shape index (κ3) is 4.94. The average molecular weight is 644 g/mol. The molecule has 0 radical (unpaired) electrons. The van der Waals surface area contributed by atoms with Crippen molar-refractivity contribution >= 4 is 33.2 Å². The van der Waals surface area contributed by atoms with Gasteiger partial charge in [-0.1, -0.05) is 12.0 Å². The van der Waals surface area contributed by atoms with E-state index in [2.05, 4.69) is 31.0 Å². The largest absolute Gasteiger partial charge is 0.461 e. The molecule has 0 unspecified atom stereocenters. The fraction of sp³-hybridized carbons (Fsp3) is 0.457. The summed E-state index contributed by atoms with van der Waals surface area (Å²) in [5.41, 5.74) is 6.05. The number of methoxy groups -OCH3 is 1. The molecule has 4 aliphatic rings. The number of nitrogen functional groups attached to an aromatic ring is 1. The van der Waals surface area contributed by atoms with Crippen LogP contribution in [0.5, 0.6) is 6.01 Å². The Kier molecular flexibility index (Phi) is 7.20. The number of aromatic nitrogens is 3. The number of ether oxygens (including phenoxy) is 2. The number of nitrogens with one attached hydrogen (secondary N) is 1. The van der Waals surface area contributed by atoms with Crippen molar-refractivity contribution in [3.63, 3.8) is 0 Å². The Hall–Kier alpha value is -4.18. The van der Waals surface area contributed by atoms with Crippen molar-refractivity contribution in [2.75, 3.05) is 57.1 Å². The molecule has 3 N–H and O–H groups in total. The molecule has 0 saturated carbocycles. The van der Waals surface area contributed by atoms with Gasteiger partial charge in [-0.05, 0) is 55.8 Å². The molecular weight excluding hydrogens is 607 g/mol. The molecule has 4 aliphatic heterocycles. The number of anilines is 2. The van der Waals surface area contributed by atoms with Gasteiger partial charge in [0.15, 0.2) is 5.82 Å². The van der Waals surface area contributed by atoms with Crippen LogP contribution >= 0.6 is 0 Å². The molecular formula is C35H36F3N7O2. The zero-order valence-electron chi connectivity index (χ0n) is 26.2. The standard InChI is InChI=1S/C35H36F3N7O2/c1-3-24-27(37)6-5-20-11-22(39)12-25(28(20)24)30-29(38)31-26(14-40-30)32(44-16-23-7-9-34(17-44,43-23)18-46-2)42-33(41-31)47-19-35-8-4-10-45(35)15-21(36)13-35/h1,5-6,11-12,14,21,23,43H,4,7-10,13,15-19,39H2,2H3/t21-,23+,34-,35+/m1/s1. The Morgan fingerprint density at radius 3 is 2.87 bits per heavy atom. The minimum atomic E-state index is -0.919. The summed E-state index contributed by atoms with van der Waals surface area (Å²) >= 11 is 0. The lowest BCUT2D eigenvalue weighted by Gasteiger charge is -2.41. The van der Waals surface area contributed by atoms with Crippen LogP contribution in [0.1, 0.15) is 37.7 Å². The lowest BCUT2D eigenvalue weighted by atomic mass is 9.95. The third-order valence-electron chi connectivity index (χ3n) is 10.5. The Bertz CT molecular complexity index is 1950. The van der Waals surface area contributed by atoms with Gasteiger partial charge >= 0.3 is 6.01 Å². The molecule has 0 spiro atoms. The molecule has 0 amide bonds. The highest BCUT2D eigenvalue weighted by Crippen LogP contribution is 2.42. The average Bonchev–Trinajstić information content (AvgIpc) is 3.68. The molecule has 4 fully saturated rings. The van der Waals surface area contributed by atoms with Crippen molar-refractivity contribution in [3.8, 4) is 29.6 Å². The Morgan fingerprint density at radius 1 is 1.17 bits per heavy atom. The van der Waals surface area contributed by atoms with Gasteiger partial charge in [-0.3, -0.25) is 9.88 Å². The molecule has 2 bridgehead atoms. The Morgan fingerprint density at radius 2 is 2.04 bits per heavy atom. The number of pyridine rings is 1. The number of halogens is 3. The maximum absolute atomic E-state index is 16.9. The molecule has 0 aliphatic carbocycles. The van der Waals surface area contributed by atoms with Gasteiger partial charge in [-0.15, -0.1) is 6.42 Å². The number of nitrogens with zero attached hydrogens (tertiary/aromatic N) is 5. The number of hydrogen-bond donors (Lipinski definition) is 2. The summed E-state index contributed by atoms with van der Waals surface area (Å²) in [7, 11) is 1.68. The first-order valence-electron chi connectivity index (χ1n) is 16.1. The highest BCUT2D eigenvalue weighted by atomic mass is 19.1. The van der Waals surface area contributed by atoms with E-state index >= 15 is 4.39 Å². The minimum Gasteiger partial charge on any atom is -0.461 e. The van der Waals surface area contributed by atoms with Crippen molar-refractivity contribution in [1.82, 2.24) is 25.2 Å². The van der Waals surface area contributed by atoms with E-state index in [1.54, 1.807) is 31.5 Å². The third-order valence-corrected chi connectivity index (χ3v) is 10.5. The number of terminal acetylenes is 1. The number of fused-ring (bicyclic) bond motifs is 5. The first-order valence-corrected chi connectivity index (χ1v) is 16.1. The second kappa shape index (κ2) is 11.2. The second-order valence-electron chi connectivity index (χ2n) is 13.6. The summed E-state index contributed by atoms with van der Waals surface area (Å²) in [4.78, 5) is 18.3. The van der Waals surface area contributed by atoms with Crippen LogP contribution in [0.25, 0.3) is 32.9 Å². The van der Waals surface area contributed by atoms with Crippen LogP contribution in [0.15, 0.2) is 30.5 Å². The van der Waals surface area contributed by atoms with E-state index in [1.807, 2.05) is 0 Å². The van der Waals surface area contributed by atoms with Gasteiger partial charge in [0.2, 0.25) is 0 Å². The van der Waals surface area contributed by atoms with Crippen LogP contribution in [0.4, 0.5) is 24.7 Å². The molecule has 9 nitrogen and oxygen atoms in total. The van der Waals surface area contributed by atoms with Crippen LogP contribution in [0, 0.1) is 24.0 Å². The smallest absolute Gasteiger partial charge is 0.319 e. The van der Waals surface area contributed by atoms with Crippen LogP contribution in [0.2, 0.25) is 0 Å². The van der Waals surface area contributed by atoms with E-state index < -0.39 is 23.3 Å². The molecule has 47 heavy (non-hydrogen) atoms. The van der Waals surface area contributed by atoms with E-state index in [0.717, 1.165) is 32.2 Å². The molecule has 6 heterocycles.